The molecule has 1 atom stereocenters. The topological polar surface area (TPSA) is 53.0 Å². The molecular formula is C19H28N2O3. The van der Waals surface area contributed by atoms with Crippen molar-refractivity contribution in [3.8, 4) is 5.75 Å². The van der Waals surface area contributed by atoms with E-state index in [-0.39, 0.29) is 5.91 Å². The second-order valence-corrected chi connectivity index (χ2v) is 7.26. The smallest absolute Gasteiger partial charge is 0.227 e. The summed E-state index contributed by atoms with van der Waals surface area (Å²) in [6.07, 6.45) is 3.42. The van der Waals surface area contributed by atoms with Gasteiger partial charge in [0.05, 0.1) is 25.7 Å². The van der Waals surface area contributed by atoms with E-state index in [1.807, 2.05) is 25.1 Å². The largest absolute Gasteiger partial charge is 0.496 e. The molecule has 24 heavy (non-hydrogen) atoms. The Balaban J connectivity index is 1.61. The summed E-state index contributed by atoms with van der Waals surface area (Å²) in [6, 6.07) is 5.90. The van der Waals surface area contributed by atoms with Crippen molar-refractivity contribution in [2.75, 3.05) is 39.8 Å². The standard InChI is InChI=1S/C19H28N2O3/c1-15-5-6-17(24-2)16(11-15)12-18(22)21-10-7-19(23,14-21)13-20-8-3-4-9-20/h5-6,11,23H,3-4,7-10,12-14H2,1-2H3. The van der Waals surface area contributed by atoms with Crippen molar-refractivity contribution in [2.45, 2.75) is 38.2 Å². The molecule has 0 radical (unpaired) electrons. The molecule has 2 heterocycles. The second-order valence-electron chi connectivity index (χ2n) is 7.26. The summed E-state index contributed by atoms with van der Waals surface area (Å²) < 4.78 is 5.37. The quantitative estimate of drug-likeness (QED) is 0.890. The highest BCUT2D eigenvalue weighted by molar-refractivity contribution is 5.80. The van der Waals surface area contributed by atoms with Crippen LogP contribution in [-0.2, 0) is 11.2 Å². The fourth-order valence-corrected chi connectivity index (χ4v) is 3.88. The normalized spacial score (nSPS) is 24.5. The fourth-order valence-electron chi connectivity index (χ4n) is 3.88. The van der Waals surface area contributed by atoms with Gasteiger partial charge in [0.25, 0.3) is 0 Å². The van der Waals surface area contributed by atoms with E-state index in [4.69, 9.17) is 4.74 Å². The molecule has 0 spiro atoms. The number of carbonyl (C=O) groups excluding carboxylic acids is 1. The number of benzene rings is 1. The summed E-state index contributed by atoms with van der Waals surface area (Å²) >= 11 is 0. The number of ether oxygens (including phenoxy) is 1. The van der Waals surface area contributed by atoms with E-state index in [2.05, 4.69) is 4.90 Å². The average Bonchev–Trinajstić information content (AvgIpc) is 3.18. The summed E-state index contributed by atoms with van der Waals surface area (Å²) in [5, 5.41) is 10.8. The van der Waals surface area contributed by atoms with Gasteiger partial charge in [0.15, 0.2) is 0 Å². The van der Waals surface area contributed by atoms with Crippen LogP contribution >= 0.6 is 0 Å². The third-order valence-corrected chi connectivity index (χ3v) is 5.18. The van der Waals surface area contributed by atoms with E-state index >= 15 is 0 Å². The number of β-amino-alcohol motifs (C(OH)–C–C–N with tert-alkyl or cyclic N) is 1. The maximum absolute atomic E-state index is 12.7. The number of rotatable bonds is 5. The van der Waals surface area contributed by atoms with E-state index in [1.165, 1.54) is 12.8 Å². The third-order valence-electron chi connectivity index (χ3n) is 5.18. The Hall–Kier alpha value is -1.59. The van der Waals surface area contributed by atoms with Crippen LogP contribution in [0.15, 0.2) is 18.2 Å². The Morgan fingerprint density at radius 1 is 1.29 bits per heavy atom. The Morgan fingerprint density at radius 2 is 2.04 bits per heavy atom. The van der Waals surface area contributed by atoms with E-state index in [0.29, 0.717) is 32.5 Å². The Labute approximate surface area is 144 Å². The SMILES string of the molecule is COc1ccc(C)cc1CC(=O)N1CCC(O)(CN2CCCC2)C1. The van der Waals surface area contributed by atoms with Gasteiger partial charge in [-0.15, -0.1) is 0 Å². The fraction of sp³-hybridized carbons (Fsp3) is 0.632. The Bertz CT molecular complexity index is 598. The van der Waals surface area contributed by atoms with Gasteiger partial charge in [-0.2, -0.15) is 0 Å². The molecule has 1 unspecified atom stereocenters. The van der Waals surface area contributed by atoms with Crippen LogP contribution in [0.1, 0.15) is 30.4 Å². The van der Waals surface area contributed by atoms with Crippen molar-refractivity contribution < 1.29 is 14.6 Å². The van der Waals surface area contributed by atoms with Gasteiger partial charge in [-0.25, -0.2) is 0 Å². The van der Waals surface area contributed by atoms with Crippen LogP contribution < -0.4 is 4.74 Å². The molecule has 3 rings (SSSR count). The molecule has 0 aliphatic carbocycles. The number of methoxy groups -OCH3 is 1. The van der Waals surface area contributed by atoms with Crippen LogP contribution in [0.4, 0.5) is 0 Å². The first-order chi connectivity index (χ1) is 11.5. The van der Waals surface area contributed by atoms with Gasteiger partial charge in [-0.05, 0) is 45.3 Å². The number of hydrogen-bond donors (Lipinski definition) is 1. The summed E-state index contributed by atoms with van der Waals surface area (Å²) in [5.74, 6) is 0.816. The molecule has 2 fully saturated rings. The van der Waals surface area contributed by atoms with Crippen LogP contribution in [0.2, 0.25) is 0 Å². The first-order valence-corrected chi connectivity index (χ1v) is 8.85. The highest BCUT2D eigenvalue weighted by Gasteiger charge is 2.39. The molecule has 5 nitrogen and oxygen atoms in total. The molecular weight excluding hydrogens is 304 g/mol. The van der Waals surface area contributed by atoms with Crippen LogP contribution in [0.3, 0.4) is 0 Å². The summed E-state index contributed by atoms with van der Waals surface area (Å²) in [4.78, 5) is 16.8. The molecule has 132 valence electrons. The first-order valence-electron chi connectivity index (χ1n) is 8.85. The number of amides is 1. The maximum Gasteiger partial charge on any atom is 0.227 e. The molecule has 2 aliphatic rings. The predicted molar refractivity (Wildman–Crippen MR) is 93.3 cm³/mol. The van der Waals surface area contributed by atoms with Gasteiger partial charge >= 0.3 is 0 Å². The molecule has 1 N–H and O–H groups in total. The molecule has 1 aromatic carbocycles. The minimum Gasteiger partial charge on any atom is -0.496 e. The number of aryl methyl sites for hydroxylation is 1. The van der Waals surface area contributed by atoms with E-state index in [0.717, 1.165) is 30.0 Å². The van der Waals surface area contributed by atoms with Crippen LogP contribution in [0.25, 0.3) is 0 Å². The Kier molecular flexibility index (Phi) is 5.11. The lowest BCUT2D eigenvalue weighted by atomic mass is 10.0. The minimum atomic E-state index is -0.753. The second kappa shape index (κ2) is 7.11. The lowest BCUT2D eigenvalue weighted by Crippen LogP contribution is -2.45. The van der Waals surface area contributed by atoms with Crippen molar-refractivity contribution >= 4 is 5.91 Å². The molecule has 0 aromatic heterocycles. The summed E-state index contributed by atoms with van der Waals surface area (Å²) in [6.45, 7) is 5.91. The summed E-state index contributed by atoms with van der Waals surface area (Å²) in [5.41, 5.74) is 1.28. The first kappa shape index (κ1) is 17.2. The zero-order valence-corrected chi connectivity index (χ0v) is 14.8. The highest BCUT2D eigenvalue weighted by Crippen LogP contribution is 2.26. The summed E-state index contributed by atoms with van der Waals surface area (Å²) in [7, 11) is 1.63. The number of carbonyl (C=O) groups is 1. The molecule has 2 aliphatic heterocycles. The third kappa shape index (κ3) is 3.90. The number of aliphatic hydroxyl groups is 1. The van der Waals surface area contributed by atoms with E-state index < -0.39 is 5.60 Å². The zero-order chi connectivity index (χ0) is 17.2. The molecule has 0 bridgehead atoms. The minimum absolute atomic E-state index is 0.0660. The van der Waals surface area contributed by atoms with Crippen molar-refractivity contribution in [2.24, 2.45) is 0 Å². The van der Waals surface area contributed by atoms with Crippen LogP contribution in [0.5, 0.6) is 5.75 Å². The van der Waals surface area contributed by atoms with E-state index in [1.54, 1.807) is 12.0 Å². The molecule has 0 saturated carbocycles. The van der Waals surface area contributed by atoms with Gasteiger partial charge < -0.3 is 19.6 Å². The van der Waals surface area contributed by atoms with Gasteiger partial charge in [0.2, 0.25) is 5.91 Å². The van der Waals surface area contributed by atoms with Crippen molar-refractivity contribution in [1.29, 1.82) is 0 Å². The Morgan fingerprint density at radius 3 is 2.75 bits per heavy atom. The molecule has 1 aromatic rings. The zero-order valence-electron chi connectivity index (χ0n) is 14.8. The molecule has 5 heteroatoms. The van der Waals surface area contributed by atoms with Crippen LogP contribution in [0, 0.1) is 6.92 Å². The highest BCUT2D eigenvalue weighted by atomic mass is 16.5. The van der Waals surface area contributed by atoms with Crippen LogP contribution in [-0.4, -0.2) is 66.2 Å². The lowest BCUT2D eigenvalue weighted by molar-refractivity contribution is -0.130. The number of hydrogen-bond acceptors (Lipinski definition) is 4. The van der Waals surface area contributed by atoms with E-state index in [9.17, 15) is 9.90 Å². The van der Waals surface area contributed by atoms with Gasteiger partial charge in [0, 0.05) is 18.7 Å². The predicted octanol–water partition coefficient (Wildman–Crippen LogP) is 1.61. The lowest BCUT2D eigenvalue weighted by Gasteiger charge is -2.28. The van der Waals surface area contributed by atoms with Crippen molar-refractivity contribution in [3.05, 3.63) is 29.3 Å². The van der Waals surface area contributed by atoms with Gasteiger partial charge in [0.1, 0.15) is 5.75 Å². The maximum atomic E-state index is 12.7. The molecule has 1 amide bonds. The van der Waals surface area contributed by atoms with Crippen molar-refractivity contribution in [1.82, 2.24) is 9.80 Å². The van der Waals surface area contributed by atoms with Gasteiger partial charge in [-0.1, -0.05) is 17.7 Å². The van der Waals surface area contributed by atoms with Crippen molar-refractivity contribution in [3.63, 3.8) is 0 Å². The molecule has 2 saturated heterocycles. The monoisotopic (exact) mass is 332 g/mol. The van der Waals surface area contributed by atoms with Gasteiger partial charge in [-0.3, -0.25) is 4.79 Å². The number of nitrogens with zero attached hydrogens (tertiary/aromatic N) is 2. The average molecular weight is 332 g/mol. The number of likely N-dealkylation sites (tertiary alicyclic amines) is 2.